The Hall–Kier alpha value is -3.98. The van der Waals surface area contributed by atoms with Crippen LogP contribution in [0.15, 0.2) is 82.7 Å². The van der Waals surface area contributed by atoms with Crippen LogP contribution in [0.25, 0.3) is 16.6 Å². The Kier molecular flexibility index (Phi) is 5.62. The third kappa shape index (κ3) is 3.84. The fourth-order valence-electron chi connectivity index (χ4n) is 4.30. The van der Waals surface area contributed by atoms with E-state index in [2.05, 4.69) is 4.98 Å². The van der Waals surface area contributed by atoms with E-state index in [4.69, 9.17) is 0 Å². The van der Waals surface area contributed by atoms with Crippen molar-refractivity contribution in [3.63, 3.8) is 0 Å². The number of amides is 1. The highest BCUT2D eigenvalue weighted by Crippen LogP contribution is 2.33. The van der Waals surface area contributed by atoms with Crippen molar-refractivity contribution in [2.75, 3.05) is 10.7 Å². The largest absolute Gasteiger partial charge is 0.308 e. The second-order valence-electron chi connectivity index (χ2n) is 8.06. The van der Waals surface area contributed by atoms with Gasteiger partial charge in [-0.2, -0.15) is 0 Å². The van der Waals surface area contributed by atoms with Gasteiger partial charge in [-0.15, -0.1) is 0 Å². The molecule has 9 heteroatoms. The van der Waals surface area contributed by atoms with Crippen LogP contribution in [0, 0.1) is 10.1 Å². The predicted octanol–water partition coefficient (Wildman–Crippen LogP) is 4.36. The number of rotatable bonds is 5. The van der Waals surface area contributed by atoms with E-state index in [1.54, 1.807) is 29.2 Å². The lowest BCUT2D eigenvalue weighted by Gasteiger charge is -2.22. The molecule has 34 heavy (non-hydrogen) atoms. The van der Waals surface area contributed by atoms with Crippen LogP contribution in [0.5, 0.6) is 0 Å². The van der Waals surface area contributed by atoms with Gasteiger partial charge in [-0.3, -0.25) is 24.3 Å². The number of para-hydroxylation sites is 2. The lowest BCUT2D eigenvalue weighted by molar-refractivity contribution is -0.384. The molecule has 0 saturated carbocycles. The maximum atomic E-state index is 13.4. The normalized spacial score (nSPS) is 14.9. The first-order valence-corrected chi connectivity index (χ1v) is 11.7. The van der Waals surface area contributed by atoms with Gasteiger partial charge in [0.25, 0.3) is 11.2 Å². The Labute approximate surface area is 199 Å². The number of thioether (sulfide) groups is 1. The summed E-state index contributed by atoms with van der Waals surface area (Å²) in [5.41, 5.74) is 2.66. The van der Waals surface area contributed by atoms with E-state index in [0.717, 1.165) is 17.7 Å². The zero-order valence-corrected chi connectivity index (χ0v) is 19.1. The van der Waals surface area contributed by atoms with Crippen molar-refractivity contribution < 1.29 is 9.72 Å². The molecule has 0 N–H and O–H groups in total. The topological polar surface area (TPSA) is 98.3 Å². The van der Waals surface area contributed by atoms with Crippen molar-refractivity contribution in [3.05, 3.63) is 98.8 Å². The minimum absolute atomic E-state index is 0.0481. The van der Waals surface area contributed by atoms with Crippen LogP contribution in [0.1, 0.15) is 12.5 Å². The highest BCUT2D eigenvalue weighted by molar-refractivity contribution is 7.99. The molecule has 1 aromatic heterocycles. The molecule has 1 atom stereocenters. The van der Waals surface area contributed by atoms with E-state index in [1.165, 1.54) is 40.6 Å². The average molecular weight is 473 g/mol. The Balaban J connectivity index is 1.51. The standard InChI is InChI=1S/C25H20N4O4S/c1-16-14-17-6-2-5-9-22(17)27(16)23(30)15-34-25-26-21-8-4-3-7-20(21)24(31)28(25)18-10-12-19(13-11-18)29(32)33/h2-13,16H,14-15H2,1H3/t16-/m1/s1. The molecule has 1 aliphatic rings. The van der Waals surface area contributed by atoms with E-state index in [9.17, 15) is 19.7 Å². The number of nitro benzene ring substituents is 1. The first-order valence-electron chi connectivity index (χ1n) is 10.7. The van der Waals surface area contributed by atoms with Gasteiger partial charge in [0.2, 0.25) is 5.91 Å². The van der Waals surface area contributed by atoms with Gasteiger partial charge in [-0.1, -0.05) is 42.1 Å². The van der Waals surface area contributed by atoms with Crippen molar-refractivity contribution >= 4 is 39.9 Å². The molecule has 170 valence electrons. The van der Waals surface area contributed by atoms with Gasteiger partial charge in [-0.05, 0) is 49.2 Å². The number of non-ortho nitro benzene ring substituents is 1. The van der Waals surface area contributed by atoms with Gasteiger partial charge in [0, 0.05) is 23.9 Å². The summed E-state index contributed by atoms with van der Waals surface area (Å²) in [6.07, 6.45) is 0.800. The van der Waals surface area contributed by atoms with Crippen molar-refractivity contribution in [1.82, 2.24) is 9.55 Å². The van der Waals surface area contributed by atoms with Crippen LogP contribution in [0.3, 0.4) is 0 Å². The lowest BCUT2D eigenvalue weighted by Crippen LogP contribution is -2.37. The van der Waals surface area contributed by atoms with Crippen molar-refractivity contribution in [1.29, 1.82) is 0 Å². The molecule has 5 rings (SSSR count). The quantitative estimate of drug-likeness (QED) is 0.185. The van der Waals surface area contributed by atoms with Crippen molar-refractivity contribution in [2.45, 2.75) is 24.5 Å². The zero-order chi connectivity index (χ0) is 23.8. The Bertz CT molecular complexity index is 1480. The minimum Gasteiger partial charge on any atom is -0.308 e. The predicted molar refractivity (Wildman–Crippen MR) is 132 cm³/mol. The van der Waals surface area contributed by atoms with E-state index in [1.807, 2.05) is 31.2 Å². The number of carbonyl (C=O) groups excluding carboxylic acids is 1. The highest BCUT2D eigenvalue weighted by atomic mass is 32.2. The maximum absolute atomic E-state index is 13.4. The number of benzene rings is 3. The SMILES string of the molecule is C[C@@H]1Cc2ccccc2N1C(=O)CSc1nc2ccccc2c(=O)n1-c1ccc([N+](=O)[O-])cc1. The van der Waals surface area contributed by atoms with Gasteiger partial charge >= 0.3 is 0 Å². The van der Waals surface area contributed by atoms with Gasteiger partial charge in [0.15, 0.2) is 5.16 Å². The monoisotopic (exact) mass is 472 g/mol. The molecule has 4 aromatic rings. The third-order valence-corrected chi connectivity index (χ3v) is 6.79. The molecule has 0 fully saturated rings. The molecule has 0 unspecified atom stereocenters. The summed E-state index contributed by atoms with van der Waals surface area (Å²) >= 11 is 1.18. The number of fused-ring (bicyclic) bond motifs is 2. The van der Waals surface area contributed by atoms with E-state index >= 15 is 0 Å². The van der Waals surface area contributed by atoms with Crippen LogP contribution in [0.2, 0.25) is 0 Å². The molecule has 8 nitrogen and oxygen atoms in total. The van der Waals surface area contributed by atoms with Crippen molar-refractivity contribution in [2.24, 2.45) is 0 Å². The minimum atomic E-state index is -0.491. The second kappa shape index (κ2) is 8.75. The molecule has 0 saturated heterocycles. The molecule has 0 aliphatic carbocycles. The summed E-state index contributed by atoms with van der Waals surface area (Å²) in [6, 6.07) is 20.6. The molecule has 0 bridgehead atoms. The Morgan fingerprint density at radius 3 is 2.56 bits per heavy atom. The molecule has 1 amide bonds. The molecule has 1 aliphatic heterocycles. The van der Waals surface area contributed by atoms with Gasteiger partial charge < -0.3 is 4.90 Å². The third-order valence-electron chi connectivity index (χ3n) is 5.86. The van der Waals surface area contributed by atoms with Crippen molar-refractivity contribution in [3.8, 4) is 5.69 Å². The zero-order valence-electron chi connectivity index (χ0n) is 18.2. The van der Waals surface area contributed by atoms with E-state index in [-0.39, 0.29) is 28.9 Å². The average Bonchev–Trinajstić information content (AvgIpc) is 3.18. The van der Waals surface area contributed by atoms with Gasteiger partial charge in [0.1, 0.15) is 0 Å². The van der Waals surface area contributed by atoms with E-state index in [0.29, 0.717) is 21.7 Å². The summed E-state index contributed by atoms with van der Waals surface area (Å²) < 4.78 is 1.41. The molecule has 0 spiro atoms. The number of nitro groups is 1. The van der Waals surface area contributed by atoms with Crippen LogP contribution >= 0.6 is 11.8 Å². The number of hydrogen-bond donors (Lipinski definition) is 0. The highest BCUT2D eigenvalue weighted by Gasteiger charge is 2.30. The van der Waals surface area contributed by atoms with Crippen LogP contribution < -0.4 is 10.5 Å². The number of anilines is 1. The van der Waals surface area contributed by atoms with Crippen LogP contribution in [-0.2, 0) is 11.2 Å². The molecular formula is C25H20N4O4S. The molecular weight excluding hydrogens is 452 g/mol. The molecule has 3 aromatic carbocycles. The van der Waals surface area contributed by atoms with Crippen LogP contribution in [-0.4, -0.2) is 32.2 Å². The second-order valence-corrected chi connectivity index (χ2v) is 9.00. The molecule has 2 heterocycles. The summed E-state index contributed by atoms with van der Waals surface area (Å²) in [4.78, 5) is 43.6. The summed E-state index contributed by atoms with van der Waals surface area (Å²) in [5.74, 6) is 0.0243. The lowest BCUT2D eigenvalue weighted by atomic mass is 10.1. The Morgan fingerprint density at radius 1 is 1.09 bits per heavy atom. The maximum Gasteiger partial charge on any atom is 0.269 e. The van der Waals surface area contributed by atoms with Crippen LogP contribution in [0.4, 0.5) is 11.4 Å². The Morgan fingerprint density at radius 2 is 1.79 bits per heavy atom. The summed E-state index contributed by atoms with van der Waals surface area (Å²) in [7, 11) is 0. The number of aromatic nitrogens is 2. The summed E-state index contributed by atoms with van der Waals surface area (Å²) in [6.45, 7) is 2.02. The summed E-state index contributed by atoms with van der Waals surface area (Å²) in [5, 5.41) is 11.8. The molecule has 0 radical (unpaired) electrons. The van der Waals surface area contributed by atoms with Gasteiger partial charge in [-0.25, -0.2) is 4.98 Å². The number of hydrogen-bond acceptors (Lipinski definition) is 6. The fraction of sp³-hybridized carbons (Fsp3) is 0.160. The van der Waals surface area contributed by atoms with Gasteiger partial charge in [0.05, 0.1) is 27.3 Å². The first kappa shape index (κ1) is 21.8. The first-order chi connectivity index (χ1) is 16.4. The smallest absolute Gasteiger partial charge is 0.269 e. The number of nitrogens with zero attached hydrogens (tertiary/aromatic N) is 4. The fourth-order valence-corrected chi connectivity index (χ4v) is 5.17. The number of carbonyl (C=O) groups is 1. The van der Waals surface area contributed by atoms with E-state index < -0.39 is 4.92 Å².